The van der Waals surface area contributed by atoms with Crippen molar-refractivity contribution in [3.05, 3.63) is 27.7 Å². The van der Waals surface area contributed by atoms with Crippen molar-refractivity contribution in [2.45, 2.75) is 51.2 Å². The Morgan fingerprint density at radius 3 is 2.95 bits per heavy atom. The van der Waals surface area contributed by atoms with Gasteiger partial charge in [-0.05, 0) is 30.5 Å². The highest BCUT2D eigenvalue weighted by Crippen LogP contribution is 2.32. The summed E-state index contributed by atoms with van der Waals surface area (Å²) in [6, 6.07) is 4.32. The molecule has 1 aliphatic heterocycles. The van der Waals surface area contributed by atoms with Crippen LogP contribution in [-0.2, 0) is 17.7 Å². The summed E-state index contributed by atoms with van der Waals surface area (Å²) < 4.78 is 12.8. The fourth-order valence-corrected chi connectivity index (χ4v) is 3.78. The van der Waals surface area contributed by atoms with E-state index >= 15 is 0 Å². The summed E-state index contributed by atoms with van der Waals surface area (Å²) in [6.45, 7) is 3.36. The Kier molecular flexibility index (Phi) is 5.55. The van der Waals surface area contributed by atoms with Crippen LogP contribution in [0.15, 0.2) is 16.6 Å². The number of hydrogen-bond donors (Lipinski definition) is 1. The zero-order valence-electron chi connectivity index (χ0n) is 12.5. The smallest absolute Gasteiger partial charge is 0.127 e. The number of ether oxygens (including phenoxy) is 2. The molecule has 2 aliphatic rings. The van der Waals surface area contributed by atoms with Gasteiger partial charge < -0.3 is 14.8 Å². The maximum Gasteiger partial charge on any atom is 0.127 e. The van der Waals surface area contributed by atoms with Gasteiger partial charge in [0, 0.05) is 29.5 Å². The van der Waals surface area contributed by atoms with Gasteiger partial charge in [0.15, 0.2) is 0 Å². The molecule has 1 aliphatic carbocycles. The van der Waals surface area contributed by atoms with Crippen LogP contribution in [-0.4, -0.2) is 25.9 Å². The van der Waals surface area contributed by atoms with Gasteiger partial charge in [-0.3, -0.25) is 0 Å². The number of halogens is 1. The van der Waals surface area contributed by atoms with Crippen molar-refractivity contribution >= 4 is 15.9 Å². The zero-order valence-corrected chi connectivity index (χ0v) is 14.1. The molecule has 0 bridgehead atoms. The molecule has 0 unspecified atom stereocenters. The van der Waals surface area contributed by atoms with Crippen molar-refractivity contribution in [3.63, 3.8) is 0 Å². The Balaban J connectivity index is 1.41. The number of benzene rings is 1. The Hall–Kier alpha value is -0.580. The van der Waals surface area contributed by atoms with E-state index in [0.717, 1.165) is 42.9 Å². The van der Waals surface area contributed by atoms with E-state index in [1.807, 2.05) is 0 Å². The molecule has 1 aromatic carbocycles. The molecule has 0 spiro atoms. The van der Waals surface area contributed by atoms with E-state index in [4.69, 9.17) is 9.47 Å². The van der Waals surface area contributed by atoms with E-state index in [1.165, 1.54) is 43.2 Å². The van der Waals surface area contributed by atoms with Gasteiger partial charge in [-0.1, -0.05) is 35.2 Å². The first-order chi connectivity index (χ1) is 10.3. The predicted octanol–water partition coefficient (Wildman–Crippen LogP) is 3.82. The normalized spacial score (nSPS) is 18.5. The predicted molar refractivity (Wildman–Crippen MR) is 87.9 cm³/mol. The quantitative estimate of drug-likeness (QED) is 0.788. The molecule has 0 amide bonds. The summed E-state index contributed by atoms with van der Waals surface area (Å²) in [5.74, 6) is 1.08. The van der Waals surface area contributed by atoms with Crippen molar-refractivity contribution in [1.29, 1.82) is 0 Å². The molecule has 1 aromatic rings. The van der Waals surface area contributed by atoms with Crippen molar-refractivity contribution in [2.75, 3.05) is 19.8 Å². The number of hydrogen-bond acceptors (Lipinski definition) is 3. The van der Waals surface area contributed by atoms with Crippen LogP contribution in [0.3, 0.4) is 0 Å². The maximum absolute atomic E-state index is 5.93. The lowest BCUT2D eigenvalue weighted by atomic mass is 9.98. The third kappa shape index (κ3) is 4.21. The van der Waals surface area contributed by atoms with Crippen molar-refractivity contribution in [2.24, 2.45) is 0 Å². The third-order valence-electron chi connectivity index (χ3n) is 4.33. The summed E-state index contributed by atoms with van der Waals surface area (Å²) in [5, 5.41) is 3.47. The molecule has 21 heavy (non-hydrogen) atoms. The molecular formula is C17H24BrNO2. The van der Waals surface area contributed by atoms with Gasteiger partial charge in [0.05, 0.1) is 19.3 Å². The fraction of sp³-hybridized carbons (Fsp3) is 0.647. The van der Waals surface area contributed by atoms with Gasteiger partial charge in [-0.25, -0.2) is 0 Å². The van der Waals surface area contributed by atoms with E-state index < -0.39 is 0 Å². The van der Waals surface area contributed by atoms with Gasteiger partial charge in [0.1, 0.15) is 5.75 Å². The lowest BCUT2D eigenvalue weighted by Gasteiger charge is -2.22. The number of rotatable bonds is 6. The van der Waals surface area contributed by atoms with Crippen LogP contribution in [0.2, 0.25) is 0 Å². The molecule has 0 atom stereocenters. The lowest BCUT2D eigenvalue weighted by molar-refractivity contribution is 0.0302. The van der Waals surface area contributed by atoms with Gasteiger partial charge >= 0.3 is 0 Å². The van der Waals surface area contributed by atoms with Gasteiger partial charge in [0.25, 0.3) is 0 Å². The summed E-state index contributed by atoms with van der Waals surface area (Å²) in [4.78, 5) is 0. The van der Waals surface area contributed by atoms with Gasteiger partial charge in [-0.15, -0.1) is 0 Å². The first-order valence-corrected chi connectivity index (χ1v) is 8.88. The minimum atomic E-state index is 0.499. The molecule has 0 aromatic heterocycles. The molecular weight excluding hydrogens is 330 g/mol. The standard InChI is InChI=1S/C17H24BrNO2/c18-15-10-13-6-8-21-17(13)14(11-15)12-19-7-9-20-16-4-2-1-3-5-16/h10-11,16,19H,1-9,12H2. The Bertz CT molecular complexity index is 472. The summed E-state index contributed by atoms with van der Waals surface area (Å²) in [6.07, 6.45) is 8.05. The third-order valence-corrected chi connectivity index (χ3v) is 4.78. The van der Waals surface area contributed by atoms with Crippen LogP contribution < -0.4 is 10.1 Å². The van der Waals surface area contributed by atoms with E-state index in [0.29, 0.717) is 6.10 Å². The first-order valence-electron chi connectivity index (χ1n) is 8.09. The van der Waals surface area contributed by atoms with Crippen LogP contribution in [0.25, 0.3) is 0 Å². The SMILES string of the molecule is Brc1cc2c(c(CNCCOC3CCCCC3)c1)OCC2. The molecule has 1 N–H and O–H groups in total. The summed E-state index contributed by atoms with van der Waals surface area (Å²) >= 11 is 3.58. The van der Waals surface area contributed by atoms with Crippen LogP contribution in [0.5, 0.6) is 5.75 Å². The zero-order chi connectivity index (χ0) is 14.5. The Morgan fingerprint density at radius 2 is 2.10 bits per heavy atom. The van der Waals surface area contributed by atoms with Crippen LogP contribution in [0, 0.1) is 0 Å². The minimum absolute atomic E-state index is 0.499. The monoisotopic (exact) mass is 353 g/mol. The number of fused-ring (bicyclic) bond motifs is 1. The van der Waals surface area contributed by atoms with E-state index in [2.05, 4.69) is 33.4 Å². The molecule has 116 valence electrons. The summed E-state index contributed by atoms with van der Waals surface area (Å²) in [5.41, 5.74) is 2.56. The van der Waals surface area contributed by atoms with Crippen LogP contribution in [0.4, 0.5) is 0 Å². The Morgan fingerprint density at radius 1 is 1.24 bits per heavy atom. The minimum Gasteiger partial charge on any atom is -0.493 e. The molecule has 4 heteroatoms. The molecule has 1 fully saturated rings. The molecule has 1 saturated carbocycles. The average molecular weight is 354 g/mol. The lowest BCUT2D eigenvalue weighted by Crippen LogP contribution is -2.24. The van der Waals surface area contributed by atoms with Crippen LogP contribution in [0.1, 0.15) is 43.2 Å². The largest absolute Gasteiger partial charge is 0.493 e. The topological polar surface area (TPSA) is 30.5 Å². The highest BCUT2D eigenvalue weighted by atomic mass is 79.9. The molecule has 0 saturated heterocycles. The van der Waals surface area contributed by atoms with Crippen LogP contribution >= 0.6 is 15.9 Å². The molecule has 3 rings (SSSR count). The summed E-state index contributed by atoms with van der Waals surface area (Å²) in [7, 11) is 0. The molecule has 0 radical (unpaired) electrons. The van der Waals surface area contributed by atoms with Crippen molar-refractivity contribution < 1.29 is 9.47 Å². The van der Waals surface area contributed by atoms with E-state index in [1.54, 1.807) is 0 Å². The second-order valence-corrected chi connectivity index (χ2v) is 6.87. The van der Waals surface area contributed by atoms with Crippen molar-refractivity contribution in [1.82, 2.24) is 5.32 Å². The highest BCUT2D eigenvalue weighted by molar-refractivity contribution is 9.10. The molecule has 3 nitrogen and oxygen atoms in total. The van der Waals surface area contributed by atoms with E-state index in [-0.39, 0.29) is 0 Å². The molecule has 1 heterocycles. The van der Waals surface area contributed by atoms with E-state index in [9.17, 15) is 0 Å². The maximum atomic E-state index is 5.93. The van der Waals surface area contributed by atoms with Gasteiger partial charge in [-0.2, -0.15) is 0 Å². The Labute approximate surface area is 135 Å². The van der Waals surface area contributed by atoms with Gasteiger partial charge in [0.2, 0.25) is 0 Å². The average Bonchev–Trinajstić information content (AvgIpc) is 2.96. The second-order valence-electron chi connectivity index (χ2n) is 5.96. The second kappa shape index (κ2) is 7.61. The number of nitrogens with one attached hydrogen (secondary N) is 1. The first kappa shape index (κ1) is 15.3. The highest BCUT2D eigenvalue weighted by Gasteiger charge is 2.17. The fourth-order valence-electron chi connectivity index (χ4n) is 3.23. The van der Waals surface area contributed by atoms with Crippen molar-refractivity contribution in [3.8, 4) is 5.75 Å².